The molecule has 0 radical (unpaired) electrons. The highest BCUT2D eigenvalue weighted by atomic mass is 31.2. The third-order valence-electron chi connectivity index (χ3n) is 1.69. The molecule has 0 heterocycles. The predicted molar refractivity (Wildman–Crippen MR) is 58.2 cm³/mol. The molecule has 0 fully saturated rings. The second-order valence-corrected chi connectivity index (χ2v) is 4.78. The van der Waals surface area contributed by atoms with E-state index in [1.807, 2.05) is 6.92 Å². The number of unbranched alkanes of at least 4 members (excludes halogenated alkanes) is 1. The molecular formula is C10H19O3P. The highest BCUT2D eigenvalue weighted by molar-refractivity contribution is 7.56. The van der Waals surface area contributed by atoms with Gasteiger partial charge >= 0.3 is 7.60 Å². The molecule has 0 aromatic carbocycles. The van der Waals surface area contributed by atoms with E-state index in [2.05, 4.69) is 17.2 Å². The Morgan fingerprint density at radius 3 is 2.71 bits per heavy atom. The Bertz CT molecular complexity index is 265. The van der Waals surface area contributed by atoms with Crippen molar-refractivity contribution in [2.24, 2.45) is 0 Å². The van der Waals surface area contributed by atoms with E-state index in [0.717, 1.165) is 30.7 Å². The third kappa shape index (κ3) is 7.11. The fraction of sp³-hybridized carbons (Fsp3) is 0.700. The predicted octanol–water partition coefficient (Wildman–Crippen LogP) is 3.46. The van der Waals surface area contributed by atoms with Gasteiger partial charge in [-0.1, -0.05) is 13.3 Å². The molecule has 1 N–H and O–H groups in total. The van der Waals surface area contributed by atoms with Crippen LogP contribution < -0.4 is 0 Å². The van der Waals surface area contributed by atoms with Gasteiger partial charge in [0.15, 0.2) is 0 Å². The fourth-order valence-corrected chi connectivity index (χ4v) is 1.76. The van der Waals surface area contributed by atoms with Gasteiger partial charge < -0.3 is 9.42 Å². The number of allylic oxidation sites excluding steroid dienone is 1. The maximum Gasteiger partial charge on any atom is 0.359 e. The quantitative estimate of drug-likeness (QED) is 0.548. The van der Waals surface area contributed by atoms with Crippen LogP contribution in [0.3, 0.4) is 0 Å². The van der Waals surface area contributed by atoms with Crippen molar-refractivity contribution >= 4 is 7.60 Å². The highest BCUT2D eigenvalue weighted by Gasteiger charge is 2.12. The third-order valence-corrected chi connectivity index (χ3v) is 2.78. The second kappa shape index (κ2) is 7.03. The van der Waals surface area contributed by atoms with E-state index in [1.54, 1.807) is 6.92 Å². The van der Waals surface area contributed by atoms with Crippen LogP contribution >= 0.6 is 7.60 Å². The minimum Gasteiger partial charge on any atom is -0.321 e. The Morgan fingerprint density at radius 2 is 2.21 bits per heavy atom. The summed E-state index contributed by atoms with van der Waals surface area (Å²) in [6.45, 7) is 5.93. The van der Waals surface area contributed by atoms with E-state index in [1.165, 1.54) is 0 Å². The molecule has 82 valence electrons. The summed E-state index contributed by atoms with van der Waals surface area (Å²) in [5, 5.41) is 0. The molecule has 0 aromatic heterocycles. The first-order chi connectivity index (χ1) is 6.52. The van der Waals surface area contributed by atoms with Crippen LogP contribution in [0, 0.1) is 0 Å². The first-order valence-electron chi connectivity index (χ1n) is 4.92. The lowest BCUT2D eigenvalue weighted by Gasteiger charge is -2.03. The molecule has 0 bridgehead atoms. The van der Waals surface area contributed by atoms with Gasteiger partial charge in [0.25, 0.3) is 0 Å². The minimum absolute atomic E-state index is 0.236. The maximum absolute atomic E-state index is 11.2. The fourth-order valence-electron chi connectivity index (χ4n) is 0.928. The van der Waals surface area contributed by atoms with Crippen LogP contribution in [0.5, 0.6) is 0 Å². The van der Waals surface area contributed by atoms with Gasteiger partial charge in [0.1, 0.15) is 0 Å². The number of rotatable bonds is 6. The molecule has 14 heavy (non-hydrogen) atoms. The van der Waals surface area contributed by atoms with Crippen molar-refractivity contribution in [1.82, 2.24) is 0 Å². The molecule has 0 rings (SSSR count). The summed E-state index contributed by atoms with van der Waals surface area (Å²) >= 11 is 0. The highest BCUT2D eigenvalue weighted by Crippen LogP contribution is 2.42. The van der Waals surface area contributed by atoms with E-state index in [0.29, 0.717) is 0 Å². The summed E-state index contributed by atoms with van der Waals surface area (Å²) < 4.78 is 15.9. The monoisotopic (exact) mass is 218 g/mol. The zero-order chi connectivity index (χ0) is 11.0. The summed E-state index contributed by atoms with van der Waals surface area (Å²) in [4.78, 5) is 9.19. The molecule has 1 unspecified atom stereocenters. The summed E-state index contributed by atoms with van der Waals surface area (Å²) in [7, 11) is -3.54. The lowest BCUT2D eigenvalue weighted by atomic mass is 10.1. The van der Waals surface area contributed by atoms with E-state index in [4.69, 9.17) is 0 Å². The van der Waals surface area contributed by atoms with E-state index in [-0.39, 0.29) is 6.61 Å². The van der Waals surface area contributed by atoms with Crippen LogP contribution in [0.25, 0.3) is 0 Å². The molecule has 0 aliphatic heterocycles. The van der Waals surface area contributed by atoms with Gasteiger partial charge in [-0.05, 0) is 32.3 Å². The van der Waals surface area contributed by atoms with E-state index in [9.17, 15) is 9.46 Å². The van der Waals surface area contributed by atoms with Gasteiger partial charge in [0.05, 0.1) is 12.4 Å². The molecule has 0 aliphatic carbocycles. The normalized spacial score (nSPS) is 14.3. The first kappa shape index (κ1) is 13.7. The Kier molecular flexibility index (Phi) is 6.86. The Balaban J connectivity index is 4.30. The molecule has 0 amide bonds. The van der Waals surface area contributed by atoms with Crippen molar-refractivity contribution in [2.45, 2.75) is 40.0 Å². The van der Waals surface area contributed by atoms with E-state index < -0.39 is 7.60 Å². The molecule has 1 atom stereocenters. The summed E-state index contributed by atoms with van der Waals surface area (Å²) in [6.07, 6.45) is 3.11. The average molecular weight is 218 g/mol. The van der Waals surface area contributed by atoms with Crippen LogP contribution in [0.15, 0.2) is 17.1 Å². The van der Waals surface area contributed by atoms with Crippen LogP contribution in [0.1, 0.15) is 40.0 Å². The molecule has 0 saturated carbocycles. The van der Waals surface area contributed by atoms with Gasteiger partial charge in [-0.25, -0.2) is 0 Å². The van der Waals surface area contributed by atoms with Crippen LogP contribution in [0.4, 0.5) is 0 Å². The molecular weight excluding hydrogens is 199 g/mol. The second-order valence-electron chi connectivity index (χ2n) is 3.14. The van der Waals surface area contributed by atoms with Gasteiger partial charge in [0, 0.05) is 0 Å². The van der Waals surface area contributed by atoms with Crippen LogP contribution in [-0.2, 0) is 9.09 Å². The number of hydrogen-bond acceptors (Lipinski definition) is 2. The van der Waals surface area contributed by atoms with Gasteiger partial charge in [-0.15, -0.1) is 5.73 Å². The van der Waals surface area contributed by atoms with Crippen molar-refractivity contribution in [2.75, 3.05) is 6.61 Å². The standard InChI is InChI=1S/C10H19O3P/c1-4-6-7-10(3)8-9-14(11,12)13-5-2/h9H,4-7H2,1-3H3,(H,11,12). The Hall–Kier alpha value is -0.330. The van der Waals surface area contributed by atoms with Crippen LogP contribution in [-0.4, -0.2) is 11.5 Å². The van der Waals surface area contributed by atoms with Crippen LogP contribution in [0.2, 0.25) is 0 Å². The zero-order valence-electron chi connectivity index (χ0n) is 9.12. The summed E-state index contributed by atoms with van der Waals surface area (Å²) in [5.74, 6) is 1.14. The summed E-state index contributed by atoms with van der Waals surface area (Å²) in [5.41, 5.74) is 3.78. The first-order valence-corrected chi connectivity index (χ1v) is 6.57. The van der Waals surface area contributed by atoms with Gasteiger partial charge in [-0.3, -0.25) is 4.57 Å². The van der Waals surface area contributed by atoms with Crippen molar-refractivity contribution in [3.63, 3.8) is 0 Å². The Labute approximate surface area is 86.0 Å². The minimum atomic E-state index is -3.54. The van der Waals surface area contributed by atoms with Crippen molar-refractivity contribution < 1.29 is 14.0 Å². The molecule has 0 aromatic rings. The topological polar surface area (TPSA) is 46.5 Å². The SMILES string of the molecule is CCCCC(C)=C=CP(=O)(O)OCC. The Morgan fingerprint density at radius 1 is 1.57 bits per heavy atom. The molecule has 0 saturated heterocycles. The smallest absolute Gasteiger partial charge is 0.321 e. The van der Waals surface area contributed by atoms with Crippen molar-refractivity contribution in [1.29, 1.82) is 0 Å². The zero-order valence-corrected chi connectivity index (χ0v) is 10.0. The molecule has 0 spiro atoms. The summed E-state index contributed by atoms with van der Waals surface area (Å²) in [6, 6.07) is 0. The maximum atomic E-state index is 11.2. The van der Waals surface area contributed by atoms with Gasteiger partial charge in [0.2, 0.25) is 0 Å². The van der Waals surface area contributed by atoms with Gasteiger partial charge in [-0.2, -0.15) is 0 Å². The lowest BCUT2D eigenvalue weighted by Crippen LogP contribution is -1.84. The van der Waals surface area contributed by atoms with E-state index >= 15 is 0 Å². The average Bonchev–Trinajstić information content (AvgIpc) is 2.11. The van der Waals surface area contributed by atoms with Crippen molar-refractivity contribution in [3.05, 3.63) is 17.1 Å². The lowest BCUT2D eigenvalue weighted by molar-refractivity contribution is 0.283. The van der Waals surface area contributed by atoms with Crippen molar-refractivity contribution in [3.8, 4) is 0 Å². The number of hydrogen-bond donors (Lipinski definition) is 1. The largest absolute Gasteiger partial charge is 0.359 e. The molecule has 4 heteroatoms. The molecule has 3 nitrogen and oxygen atoms in total. The molecule has 0 aliphatic rings.